The van der Waals surface area contributed by atoms with Crippen molar-refractivity contribution in [1.29, 1.82) is 0 Å². The molecule has 6 heteroatoms. The average Bonchev–Trinajstić information content (AvgIpc) is 3.07. The lowest BCUT2D eigenvalue weighted by atomic mass is 9.95. The van der Waals surface area contributed by atoms with Crippen LogP contribution in [0.5, 0.6) is 11.5 Å². The van der Waals surface area contributed by atoms with E-state index in [1.807, 2.05) is 29.8 Å². The standard InChI is InChI=1S/C19H15BrN2O2S/c20-13-7-10(3-5-21)16(24)8-12(13)19-15(23)2-1-14-18(19)11-4-6-25-17(11)9-22-14/h1-2,4,6-9,23-24H,3,5,21H2. The highest BCUT2D eigenvalue weighted by Gasteiger charge is 2.18. The first kappa shape index (κ1) is 16.3. The number of halogens is 1. The highest BCUT2D eigenvalue weighted by molar-refractivity contribution is 9.10. The summed E-state index contributed by atoms with van der Waals surface area (Å²) in [6.07, 6.45) is 2.43. The Labute approximate surface area is 156 Å². The van der Waals surface area contributed by atoms with Crippen LogP contribution in [0.1, 0.15) is 5.56 Å². The van der Waals surface area contributed by atoms with Gasteiger partial charge < -0.3 is 15.9 Å². The van der Waals surface area contributed by atoms with Crippen LogP contribution in [-0.2, 0) is 6.42 Å². The Kier molecular flexibility index (Phi) is 4.11. The highest BCUT2D eigenvalue weighted by Crippen LogP contribution is 2.44. The van der Waals surface area contributed by atoms with Crippen molar-refractivity contribution >= 4 is 48.3 Å². The number of aromatic hydroxyl groups is 2. The van der Waals surface area contributed by atoms with Crippen LogP contribution in [0.15, 0.2) is 46.4 Å². The van der Waals surface area contributed by atoms with Gasteiger partial charge in [0, 0.05) is 32.6 Å². The van der Waals surface area contributed by atoms with Gasteiger partial charge >= 0.3 is 0 Å². The molecular weight excluding hydrogens is 400 g/mol. The molecule has 0 aliphatic carbocycles. The van der Waals surface area contributed by atoms with Gasteiger partial charge in [0.05, 0.1) is 10.2 Å². The van der Waals surface area contributed by atoms with Crippen LogP contribution in [0.2, 0.25) is 0 Å². The summed E-state index contributed by atoms with van der Waals surface area (Å²) in [5, 5.41) is 24.9. The summed E-state index contributed by atoms with van der Waals surface area (Å²) in [5.41, 5.74) is 8.57. The number of rotatable bonds is 3. The minimum absolute atomic E-state index is 0.152. The SMILES string of the molecule is NCCc1cc(Br)c(-c2c(O)ccc3ncc4sccc4c23)cc1O. The van der Waals surface area contributed by atoms with Crippen molar-refractivity contribution in [3.05, 3.63) is 51.9 Å². The number of hydrogen-bond acceptors (Lipinski definition) is 5. The fourth-order valence-corrected chi connectivity index (χ4v) is 4.49. The second-order valence-corrected chi connectivity index (χ2v) is 7.61. The van der Waals surface area contributed by atoms with Crippen molar-refractivity contribution in [2.45, 2.75) is 6.42 Å². The minimum atomic E-state index is 0.152. The van der Waals surface area contributed by atoms with Gasteiger partial charge in [-0.2, -0.15) is 0 Å². The predicted octanol–water partition coefficient (Wildman–Crippen LogP) is 4.79. The lowest BCUT2D eigenvalue weighted by molar-refractivity contribution is 0.468. The molecule has 0 aliphatic heterocycles. The van der Waals surface area contributed by atoms with Gasteiger partial charge in [0.25, 0.3) is 0 Å². The molecule has 2 heterocycles. The van der Waals surface area contributed by atoms with Crippen molar-refractivity contribution in [1.82, 2.24) is 4.98 Å². The monoisotopic (exact) mass is 414 g/mol. The molecule has 0 unspecified atom stereocenters. The van der Waals surface area contributed by atoms with E-state index in [1.54, 1.807) is 23.5 Å². The van der Waals surface area contributed by atoms with Crippen molar-refractivity contribution < 1.29 is 10.2 Å². The Hall–Kier alpha value is -2.15. The first-order valence-electron chi connectivity index (χ1n) is 7.80. The third kappa shape index (κ3) is 2.66. The summed E-state index contributed by atoms with van der Waals surface area (Å²) in [6.45, 7) is 0.457. The molecule has 4 rings (SSSR count). The number of benzene rings is 2. The molecule has 0 saturated carbocycles. The quantitative estimate of drug-likeness (QED) is 0.450. The molecule has 2 aromatic carbocycles. The van der Waals surface area contributed by atoms with Crippen molar-refractivity contribution in [2.24, 2.45) is 5.73 Å². The van der Waals surface area contributed by atoms with Gasteiger partial charge in [-0.1, -0.05) is 15.9 Å². The smallest absolute Gasteiger partial charge is 0.124 e. The van der Waals surface area contributed by atoms with Crippen molar-refractivity contribution in [3.63, 3.8) is 0 Å². The van der Waals surface area contributed by atoms with E-state index in [1.165, 1.54) is 0 Å². The number of phenolic OH excluding ortho intramolecular Hbond substituents is 2. The average molecular weight is 415 g/mol. The minimum Gasteiger partial charge on any atom is -0.508 e. The van der Waals surface area contributed by atoms with Crippen LogP contribution < -0.4 is 5.73 Å². The van der Waals surface area contributed by atoms with Gasteiger partial charge in [-0.3, -0.25) is 4.98 Å². The van der Waals surface area contributed by atoms with Gasteiger partial charge in [0.15, 0.2) is 0 Å². The fraction of sp³-hybridized carbons (Fsp3) is 0.105. The number of nitrogens with two attached hydrogens (primary N) is 1. The predicted molar refractivity (Wildman–Crippen MR) is 106 cm³/mol. The summed E-state index contributed by atoms with van der Waals surface area (Å²) in [5.74, 6) is 0.324. The number of nitrogens with zero attached hydrogens (tertiary/aromatic N) is 1. The van der Waals surface area contributed by atoms with Crippen LogP contribution in [0, 0.1) is 0 Å². The van der Waals surface area contributed by atoms with Crippen LogP contribution >= 0.6 is 27.3 Å². The van der Waals surface area contributed by atoms with E-state index in [2.05, 4.69) is 20.9 Å². The Morgan fingerprint density at radius 3 is 2.76 bits per heavy atom. The van der Waals surface area contributed by atoms with Crippen molar-refractivity contribution in [3.8, 4) is 22.6 Å². The fourth-order valence-electron chi connectivity index (χ4n) is 3.14. The number of fused-ring (bicyclic) bond motifs is 3. The molecule has 0 bridgehead atoms. The maximum atomic E-state index is 10.6. The third-order valence-electron chi connectivity index (χ3n) is 4.30. The summed E-state index contributed by atoms with van der Waals surface area (Å²) >= 11 is 5.19. The van der Waals surface area contributed by atoms with E-state index in [0.29, 0.717) is 18.5 Å². The van der Waals surface area contributed by atoms with Crippen LogP contribution in [0.3, 0.4) is 0 Å². The van der Waals surface area contributed by atoms with Gasteiger partial charge in [0.2, 0.25) is 0 Å². The first-order valence-corrected chi connectivity index (χ1v) is 9.47. The topological polar surface area (TPSA) is 79.4 Å². The zero-order chi connectivity index (χ0) is 17.6. The Morgan fingerprint density at radius 1 is 1.12 bits per heavy atom. The summed E-state index contributed by atoms with van der Waals surface area (Å²) in [4.78, 5) is 4.51. The van der Waals surface area contributed by atoms with Crippen molar-refractivity contribution in [2.75, 3.05) is 6.54 Å². The molecule has 0 saturated heterocycles. The molecule has 2 aromatic heterocycles. The van der Waals surface area contributed by atoms with Crippen LogP contribution in [-0.4, -0.2) is 21.7 Å². The summed E-state index contributed by atoms with van der Waals surface area (Å²) in [6, 6.07) is 9.01. The van der Waals surface area contributed by atoms with E-state index < -0.39 is 0 Å². The molecule has 4 N–H and O–H groups in total. The number of thiophene rings is 1. The van der Waals surface area contributed by atoms with E-state index in [4.69, 9.17) is 5.73 Å². The number of hydrogen-bond donors (Lipinski definition) is 3. The number of pyridine rings is 1. The van der Waals surface area contributed by atoms with Gasteiger partial charge in [0.1, 0.15) is 11.5 Å². The number of phenols is 2. The van der Waals surface area contributed by atoms with E-state index in [0.717, 1.165) is 36.6 Å². The van der Waals surface area contributed by atoms with E-state index in [-0.39, 0.29) is 11.5 Å². The highest BCUT2D eigenvalue weighted by atomic mass is 79.9. The second kappa shape index (κ2) is 6.29. The summed E-state index contributed by atoms with van der Waals surface area (Å²) in [7, 11) is 0. The first-order chi connectivity index (χ1) is 12.1. The number of aromatic nitrogens is 1. The maximum Gasteiger partial charge on any atom is 0.124 e. The lowest BCUT2D eigenvalue weighted by Gasteiger charge is -2.14. The molecule has 0 spiro atoms. The molecule has 0 atom stereocenters. The van der Waals surface area contributed by atoms with Gasteiger partial charge in [-0.15, -0.1) is 11.3 Å². The molecule has 126 valence electrons. The molecular formula is C19H15BrN2O2S. The zero-order valence-corrected chi connectivity index (χ0v) is 15.6. The molecule has 0 radical (unpaired) electrons. The Morgan fingerprint density at radius 2 is 1.96 bits per heavy atom. The van der Waals surface area contributed by atoms with Gasteiger partial charge in [-0.25, -0.2) is 0 Å². The zero-order valence-electron chi connectivity index (χ0n) is 13.2. The molecule has 4 aromatic rings. The van der Waals surface area contributed by atoms with E-state index >= 15 is 0 Å². The molecule has 4 nitrogen and oxygen atoms in total. The van der Waals surface area contributed by atoms with Crippen LogP contribution in [0.25, 0.3) is 32.1 Å². The van der Waals surface area contributed by atoms with Crippen LogP contribution in [0.4, 0.5) is 0 Å². The molecule has 25 heavy (non-hydrogen) atoms. The van der Waals surface area contributed by atoms with Gasteiger partial charge in [-0.05, 0) is 54.2 Å². The maximum absolute atomic E-state index is 10.6. The van der Waals surface area contributed by atoms with E-state index in [9.17, 15) is 10.2 Å². The molecule has 0 fully saturated rings. The second-order valence-electron chi connectivity index (χ2n) is 5.81. The normalized spacial score (nSPS) is 11.4. The summed E-state index contributed by atoms with van der Waals surface area (Å²) < 4.78 is 1.85. The lowest BCUT2D eigenvalue weighted by Crippen LogP contribution is -2.03. The molecule has 0 amide bonds. The Bertz CT molecular complexity index is 1110. The largest absolute Gasteiger partial charge is 0.508 e. The molecule has 0 aliphatic rings. The third-order valence-corrected chi connectivity index (χ3v) is 5.81. The Balaban J connectivity index is 2.09.